The van der Waals surface area contributed by atoms with Crippen LogP contribution in [0.1, 0.15) is 18.4 Å². The number of hydrogen-bond donors (Lipinski definition) is 2. The van der Waals surface area contributed by atoms with E-state index in [1.54, 1.807) is 0 Å². The van der Waals surface area contributed by atoms with Crippen LogP contribution in [0, 0.1) is 5.92 Å². The maximum Gasteiger partial charge on any atom is 0.308 e. The van der Waals surface area contributed by atoms with Crippen molar-refractivity contribution in [2.24, 2.45) is 5.92 Å². The van der Waals surface area contributed by atoms with E-state index in [1.165, 1.54) is 0 Å². The lowest BCUT2D eigenvalue weighted by Gasteiger charge is -2.16. The standard InChI is InChI=1S/C19H21NO4/c21-18(17-9-4-10-24-17)20-12-15(19(22)23)11-14-7-3-6-13-5-1-2-8-16(13)14/h1-3,5-8,15,17H,4,9-12H2,(H,20,21)(H,22,23)/t15?,17-/m0/s1. The normalized spacial score (nSPS) is 18.4. The molecule has 2 aromatic carbocycles. The molecule has 2 aromatic rings. The molecule has 2 atom stereocenters. The van der Waals surface area contributed by atoms with Gasteiger partial charge in [-0.1, -0.05) is 42.5 Å². The second kappa shape index (κ2) is 7.45. The van der Waals surface area contributed by atoms with E-state index in [9.17, 15) is 14.7 Å². The summed E-state index contributed by atoms with van der Waals surface area (Å²) < 4.78 is 5.32. The van der Waals surface area contributed by atoms with E-state index in [-0.39, 0.29) is 12.5 Å². The molecule has 0 spiro atoms. The summed E-state index contributed by atoms with van der Waals surface area (Å²) in [4.78, 5) is 23.6. The number of nitrogens with one attached hydrogen (secondary N) is 1. The topological polar surface area (TPSA) is 75.6 Å². The van der Waals surface area contributed by atoms with Gasteiger partial charge < -0.3 is 15.2 Å². The zero-order valence-electron chi connectivity index (χ0n) is 13.4. The minimum absolute atomic E-state index is 0.108. The SMILES string of the molecule is O=C(O)C(CNC(=O)[C@@H]1CCCO1)Cc1cccc2ccccc12. The van der Waals surface area contributed by atoms with Gasteiger partial charge in [0.25, 0.3) is 0 Å². The zero-order chi connectivity index (χ0) is 16.9. The number of aliphatic carboxylic acids is 1. The highest BCUT2D eigenvalue weighted by Crippen LogP contribution is 2.21. The molecule has 2 N–H and O–H groups in total. The third kappa shape index (κ3) is 3.74. The van der Waals surface area contributed by atoms with Crippen molar-refractivity contribution < 1.29 is 19.4 Å². The molecule has 0 aromatic heterocycles. The molecule has 1 amide bonds. The third-order valence-electron chi connectivity index (χ3n) is 4.44. The molecule has 5 heteroatoms. The van der Waals surface area contributed by atoms with Crippen LogP contribution in [-0.2, 0) is 20.7 Å². The Morgan fingerprint density at radius 2 is 2.00 bits per heavy atom. The smallest absolute Gasteiger partial charge is 0.308 e. The first-order valence-electron chi connectivity index (χ1n) is 8.24. The lowest BCUT2D eigenvalue weighted by molar-refractivity contribution is -0.141. The van der Waals surface area contributed by atoms with Gasteiger partial charge in [0.2, 0.25) is 5.91 Å². The van der Waals surface area contributed by atoms with Crippen molar-refractivity contribution in [3.05, 3.63) is 48.0 Å². The summed E-state index contributed by atoms with van der Waals surface area (Å²) in [6, 6.07) is 13.8. The van der Waals surface area contributed by atoms with Crippen LogP contribution in [0.4, 0.5) is 0 Å². The molecule has 0 radical (unpaired) electrons. The first-order valence-corrected chi connectivity index (χ1v) is 8.24. The number of carboxylic acids is 1. The van der Waals surface area contributed by atoms with Crippen LogP contribution in [0.5, 0.6) is 0 Å². The molecule has 1 aliphatic rings. The van der Waals surface area contributed by atoms with Gasteiger partial charge in [-0.2, -0.15) is 0 Å². The minimum Gasteiger partial charge on any atom is -0.481 e. The fraction of sp³-hybridized carbons (Fsp3) is 0.368. The number of rotatable bonds is 6. The Labute approximate surface area is 140 Å². The van der Waals surface area contributed by atoms with Gasteiger partial charge in [0.15, 0.2) is 0 Å². The van der Waals surface area contributed by atoms with E-state index in [0.717, 1.165) is 22.8 Å². The van der Waals surface area contributed by atoms with E-state index >= 15 is 0 Å². The van der Waals surface area contributed by atoms with Crippen molar-refractivity contribution >= 4 is 22.6 Å². The molecule has 0 bridgehead atoms. The zero-order valence-corrected chi connectivity index (χ0v) is 13.4. The molecule has 1 saturated heterocycles. The highest BCUT2D eigenvalue weighted by atomic mass is 16.5. The van der Waals surface area contributed by atoms with Crippen LogP contribution in [-0.4, -0.2) is 36.2 Å². The number of carbonyl (C=O) groups is 2. The second-order valence-corrected chi connectivity index (χ2v) is 6.12. The van der Waals surface area contributed by atoms with Gasteiger partial charge in [0, 0.05) is 13.2 Å². The molecule has 1 unspecified atom stereocenters. The van der Waals surface area contributed by atoms with Crippen LogP contribution in [0.2, 0.25) is 0 Å². The average molecular weight is 327 g/mol. The number of carbonyl (C=O) groups excluding carboxylic acids is 1. The molecule has 1 heterocycles. The Kier molecular flexibility index (Phi) is 5.11. The van der Waals surface area contributed by atoms with Gasteiger partial charge in [-0.25, -0.2) is 0 Å². The molecule has 1 fully saturated rings. The molecule has 0 saturated carbocycles. The van der Waals surface area contributed by atoms with Gasteiger partial charge >= 0.3 is 5.97 Å². The van der Waals surface area contributed by atoms with Crippen molar-refractivity contribution in [2.45, 2.75) is 25.4 Å². The predicted octanol–water partition coefficient (Wildman–Crippen LogP) is 2.38. The van der Waals surface area contributed by atoms with Crippen LogP contribution >= 0.6 is 0 Å². The van der Waals surface area contributed by atoms with Crippen LogP contribution in [0.3, 0.4) is 0 Å². The molecular formula is C19H21NO4. The van der Waals surface area contributed by atoms with Gasteiger partial charge in [-0.05, 0) is 35.6 Å². The largest absolute Gasteiger partial charge is 0.481 e. The average Bonchev–Trinajstić information content (AvgIpc) is 3.13. The fourth-order valence-electron chi connectivity index (χ4n) is 3.10. The summed E-state index contributed by atoms with van der Waals surface area (Å²) >= 11 is 0. The fourth-order valence-corrected chi connectivity index (χ4v) is 3.10. The highest BCUT2D eigenvalue weighted by molar-refractivity contribution is 5.86. The summed E-state index contributed by atoms with van der Waals surface area (Å²) in [5, 5.41) is 14.4. The lowest BCUT2D eigenvalue weighted by atomic mass is 9.94. The van der Waals surface area contributed by atoms with Crippen molar-refractivity contribution in [1.82, 2.24) is 5.32 Å². The third-order valence-corrected chi connectivity index (χ3v) is 4.44. The predicted molar refractivity (Wildman–Crippen MR) is 90.8 cm³/mol. The number of ether oxygens (including phenoxy) is 1. The van der Waals surface area contributed by atoms with Crippen LogP contribution < -0.4 is 5.32 Å². The van der Waals surface area contributed by atoms with Gasteiger partial charge in [0.05, 0.1) is 5.92 Å². The molecule has 3 rings (SSSR count). The Bertz CT molecular complexity index is 732. The number of fused-ring (bicyclic) bond motifs is 1. The second-order valence-electron chi connectivity index (χ2n) is 6.12. The Balaban J connectivity index is 1.69. The molecular weight excluding hydrogens is 306 g/mol. The summed E-state index contributed by atoms with van der Waals surface area (Å²) in [6.07, 6.45) is 1.52. The molecule has 126 valence electrons. The van der Waals surface area contributed by atoms with Crippen molar-refractivity contribution in [3.63, 3.8) is 0 Å². The van der Waals surface area contributed by atoms with Gasteiger partial charge in [-0.3, -0.25) is 9.59 Å². The number of hydrogen-bond acceptors (Lipinski definition) is 3. The number of benzene rings is 2. The van der Waals surface area contributed by atoms with Crippen molar-refractivity contribution in [3.8, 4) is 0 Å². The quantitative estimate of drug-likeness (QED) is 0.854. The van der Waals surface area contributed by atoms with E-state index in [1.807, 2.05) is 42.5 Å². The monoisotopic (exact) mass is 327 g/mol. The number of amides is 1. The maximum atomic E-state index is 12.0. The first-order chi connectivity index (χ1) is 11.6. The summed E-state index contributed by atoms with van der Waals surface area (Å²) in [6.45, 7) is 0.702. The minimum atomic E-state index is -0.907. The molecule has 0 aliphatic carbocycles. The van der Waals surface area contributed by atoms with E-state index in [2.05, 4.69) is 5.32 Å². The van der Waals surface area contributed by atoms with Crippen LogP contribution in [0.25, 0.3) is 10.8 Å². The van der Waals surface area contributed by atoms with Crippen molar-refractivity contribution in [2.75, 3.05) is 13.2 Å². The Morgan fingerprint density at radius 1 is 1.21 bits per heavy atom. The highest BCUT2D eigenvalue weighted by Gasteiger charge is 2.26. The van der Waals surface area contributed by atoms with E-state index in [4.69, 9.17) is 4.74 Å². The van der Waals surface area contributed by atoms with Gasteiger partial charge in [0.1, 0.15) is 6.10 Å². The summed E-state index contributed by atoms with van der Waals surface area (Å²) in [5.41, 5.74) is 0.979. The Morgan fingerprint density at radius 3 is 2.75 bits per heavy atom. The van der Waals surface area contributed by atoms with Gasteiger partial charge in [-0.15, -0.1) is 0 Å². The number of carboxylic acid groups (broad SMARTS) is 1. The molecule has 1 aliphatic heterocycles. The van der Waals surface area contributed by atoms with E-state index < -0.39 is 18.0 Å². The summed E-state index contributed by atoms with van der Waals surface area (Å²) in [7, 11) is 0. The Hall–Kier alpha value is -2.40. The van der Waals surface area contributed by atoms with Crippen LogP contribution in [0.15, 0.2) is 42.5 Å². The molecule has 24 heavy (non-hydrogen) atoms. The lowest BCUT2D eigenvalue weighted by Crippen LogP contribution is -2.39. The first kappa shape index (κ1) is 16.5. The molecule has 5 nitrogen and oxygen atoms in total. The van der Waals surface area contributed by atoms with E-state index in [0.29, 0.717) is 19.4 Å². The summed E-state index contributed by atoms with van der Waals surface area (Å²) in [5.74, 6) is -1.78. The van der Waals surface area contributed by atoms with Crippen molar-refractivity contribution in [1.29, 1.82) is 0 Å². The maximum absolute atomic E-state index is 12.0.